The van der Waals surface area contributed by atoms with Gasteiger partial charge in [-0.3, -0.25) is 0 Å². The number of rotatable bonds is 12. The number of piperidine rings is 1. The number of sulfone groups is 1. The predicted molar refractivity (Wildman–Crippen MR) is 179 cm³/mol. The van der Waals surface area contributed by atoms with E-state index in [1.165, 1.54) is 35.9 Å². The van der Waals surface area contributed by atoms with E-state index in [-0.39, 0.29) is 40.4 Å². The number of aliphatic hydroxyl groups excluding tert-OH is 1. The van der Waals surface area contributed by atoms with Gasteiger partial charge in [0.25, 0.3) is 0 Å². The van der Waals surface area contributed by atoms with Crippen LogP contribution in [0.25, 0.3) is 10.9 Å². The summed E-state index contributed by atoms with van der Waals surface area (Å²) in [4.78, 5) is 2.40. The highest BCUT2D eigenvalue weighted by Gasteiger charge is 2.30. The Balaban J connectivity index is 1.32. The number of aromatic nitrogens is 1. The molecule has 0 radical (unpaired) electrons. The molecule has 4 aromatic rings. The van der Waals surface area contributed by atoms with Gasteiger partial charge in [0.2, 0.25) is 9.84 Å². The lowest BCUT2D eigenvalue weighted by atomic mass is 10.0. The maximum absolute atomic E-state index is 13.7. The van der Waals surface area contributed by atoms with Gasteiger partial charge in [0, 0.05) is 49.9 Å². The third-order valence-corrected chi connectivity index (χ3v) is 9.95. The fourth-order valence-electron chi connectivity index (χ4n) is 5.88. The monoisotopic (exact) mass is 684 g/mol. The minimum atomic E-state index is -4.46. The number of halogens is 3. The van der Waals surface area contributed by atoms with Crippen LogP contribution in [0.1, 0.15) is 18.5 Å². The van der Waals surface area contributed by atoms with Gasteiger partial charge in [0.05, 0.1) is 53.1 Å². The summed E-state index contributed by atoms with van der Waals surface area (Å²) < 4.78 is 78.8. The van der Waals surface area contributed by atoms with Crippen LogP contribution < -0.4 is 15.4 Å². The summed E-state index contributed by atoms with van der Waals surface area (Å²) in [6.45, 7) is 1.25. The van der Waals surface area contributed by atoms with Gasteiger partial charge < -0.3 is 34.7 Å². The predicted octanol–water partition coefficient (Wildman–Crippen LogP) is 5.39. The highest BCUT2D eigenvalue weighted by molar-refractivity contribution is 7.91. The van der Waals surface area contributed by atoms with Crippen molar-refractivity contribution in [2.45, 2.75) is 47.5 Å². The number of hydrogen-bond donors (Lipinski definition) is 3. The normalized spacial score (nSPS) is 15.1. The van der Waals surface area contributed by atoms with Crippen molar-refractivity contribution in [1.82, 2.24) is 9.47 Å². The molecule has 1 aliphatic heterocycles. The summed E-state index contributed by atoms with van der Waals surface area (Å²) in [5, 5.41) is 17.3. The molecule has 9 nitrogen and oxygen atoms in total. The van der Waals surface area contributed by atoms with E-state index >= 15 is 0 Å². The van der Waals surface area contributed by atoms with E-state index in [1.54, 1.807) is 49.6 Å². The third-order valence-electron chi connectivity index (χ3n) is 8.18. The van der Waals surface area contributed by atoms with E-state index in [0.29, 0.717) is 23.1 Å². The molecule has 3 aromatic carbocycles. The van der Waals surface area contributed by atoms with Crippen molar-refractivity contribution in [1.29, 1.82) is 0 Å². The van der Waals surface area contributed by atoms with Gasteiger partial charge >= 0.3 is 6.18 Å². The first-order valence-corrected chi connectivity index (χ1v) is 17.0. The first-order chi connectivity index (χ1) is 23.0. The average Bonchev–Trinajstić information content (AvgIpc) is 3.40. The van der Waals surface area contributed by atoms with Crippen LogP contribution in [-0.2, 0) is 21.1 Å². The number of fused-ring (bicyclic) bond motifs is 1. The smallest absolute Gasteiger partial charge is 0.406 e. The molecule has 1 atom stereocenters. The SMILES string of the molecule is COCC(O)CN1CCC(Nc2cccc3c2cc(C#CCNc2ccc(S(=O)(=O)c4ccccc4)cc2OC)n3CC(F)(F)F)CC1. The van der Waals surface area contributed by atoms with E-state index in [9.17, 15) is 26.7 Å². The van der Waals surface area contributed by atoms with Crippen LogP contribution >= 0.6 is 0 Å². The zero-order chi connectivity index (χ0) is 34.3. The highest BCUT2D eigenvalue weighted by atomic mass is 32.2. The standard InChI is InChI=1S/C35H39F3N4O5S/c1-46-23-27(43)22-41-18-15-25(16-19-41)40-31-11-6-12-33-30(31)20-26(42(33)24-35(36,37)38)8-7-17-39-32-14-13-29(21-34(32)47-2)48(44,45)28-9-4-3-5-10-28/h3-6,9-14,20-21,25,27,39-40,43H,15-19,22-24H2,1-2H3. The van der Waals surface area contributed by atoms with Gasteiger partial charge in [-0.1, -0.05) is 30.2 Å². The molecule has 0 aliphatic carbocycles. The summed E-state index contributed by atoms with van der Waals surface area (Å²) in [7, 11) is -0.782. The third kappa shape index (κ3) is 8.62. The number of aliphatic hydroxyl groups is 1. The Bertz CT molecular complexity index is 1860. The largest absolute Gasteiger partial charge is 0.495 e. The molecule has 1 unspecified atom stereocenters. The van der Waals surface area contributed by atoms with Crippen LogP contribution in [0.4, 0.5) is 24.5 Å². The lowest BCUT2D eigenvalue weighted by Gasteiger charge is -2.34. The molecular formula is C35H39F3N4O5S. The van der Waals surface area contributed by atoms with Crippen LogP contribution in [0.15, 0.2) is 82.6 Å². The van der Waals surface area contributed by atoms with Crippen molar-refractivity contribution >= 4 is 32.1 Å². The van der Waals surface area contributed by atoms with Gasteiger partial charge in [-0.2, -0.15) is 13.2 Å². The van der Waals surface area contributed by atoms with Crippen LogP contribution in [0.2, 0.25) is 0 Å². The maximum atomic E-state index is 13.7. The summed E-state index contributed by atoms with van der Waals surface area (Å²) in [5.74, 6) is 6.10. The molecule has 1 fully saturated rings. The molecule has 48 heavy (non-hydrogen) atoms. The first-order valence-electron chi connectivity index (χ1n) is 15.5. The number of anilines is 2. The van der Waals surface area contributed by atoms with Crippen LogP contribution in [0.3, 0.4) is 0 Å². The highest BCUT2D eigenvalue weighted by Crippen LogP contribution is 2.32. The number of nitrogens with zero attached hydrogens (tertiary/aromatic N) is 2. The Labute approximate surface area is 278 Å². The van der Waals surface area contributed by atoms with Crippen LogP contribution in [0.5, 0.6) is 5.75 Å². The van der Waals surface area contributed by atoms with Gasteiger partial charge in [-0.05, 0) is 61.2 Å². The molecule has 0 amide bonds. The van der Waals surface area contributed by atoms with Crippen molar-refractivity contribution in [2.75, 3.05) is 57.6 Å². The quantitative estimate of drug-likeness (QED) is 0.171. The Kier molecular flexibility index (Phi) is 11.2. The number of ether oxygens (including phenoxy) is 2. The molecule has 256 valence electrons. The first kappa shape index (κ1) is 35.1. The van der Waals surface area contributed by atoms with Crippen LogP contribution in [-0.4, -0.2) is 88.3 Å². The minimum Gasteiger partial charge on any atom is -0.495 e. The van der Waals surface area contributed by atoms with Gasteiger partial charge in [-0.15, -0.1) is 0 Å². The lowest BCUT2D eigenvalue weighted by molar-refractivity contribution is -0.140. The van der Waals surface area contributed by atoms with Crippen LogP contribution in [0, 0.1) is 11.8 Å². The zero-order valence-corrected chi connectivity index (χ0v) is 27.6. The molecule has 2 heterocycles. The average molecular weight is 685 g/mol. The Morgan fingerprint density at radius 3 is 2.42 bits per heavy atom. The van der Waals surface area contributed by atoms with Gasteiger partial charge in [-0.25, -0.2) is 8.42 Å². The number of methoxy groups -OCH3 is 2. The summed E-state index contributed by atoms with van der Waals surface area (Å²) in [5.41, 5.74) is 1.87. The van der Waals surface area contributed by atoms with Crippen molar-refractivity contribution in [3.63, 3.8) is 0 Å². The number of nitrogens with one attached hydrogen (secondary N) is 2. The van der Waals surface area contributed by atoms with Crippen molar-refractivity contribution in [3.05, 3.63) is 78.5 Å². The van der Waals surface area contributed by atoms with E-state index in [2.05, 4.69) is 27.4 Å². The lowest BCUT2D eigenvalue weighted by Crippen LogP contribution is -2.43. The van der Waals surface area contributed by atoms with E-state index in [4.69, 9.17) is 9.47 Å². The maximum Gasteiger partial charge on any atom is 0.406 e. The van der Waals surface area contributed by atoms with Crippen molar-refractivity contribution in [2.24, 2.45) is 0 Å². The molecule has 13 heteroatoms. The van der Waals surface area contributed by atoms with Crippen molar-refractivity contribution in [3.8, 4) is 17.6 Å². The Morgan fingerprint density at radius 1 is 0.979 bits per heavy atom. The van der Waals surface area contributed by atoms with E-state index in [1.807, 2.05) is 6.07 Å². The molecule has 0 saturated carbocycles. The molecular weight excluding hydrogens is 645 g/mol. The topological polar surface area (TPSA) is 105 Å². The number of β-amino-alcohol motifs (C(OH)–C–C–N with tert-alkyl or cyclic N) is 1. The second-order valence-electron chi connectivity index (χ2n) is 11.6. The van der Waals surface area contributed by atoms with Gasteiger partial charge in [0.1, 0.15) is 12.3 Å². The molecule has 1 saturated heterocycles. The fourth-order valence-corrected chi connectivity index (χ4v) is 7.18. The Hall–Kier alpha value is -4.22. The zero-order valence-electron chi connectivity index (χ0n) is 26.8. The molecule has 5 rings (SSSR count). The van der Waals surface area contributed by atoms with E-state index < -0.39 is 28.7 Å². The Morgan fingerprint density at radius 2 is 1.73 bits per heavy atom. The van der Waals surface area contributed by atoms with Crippen molar-refractivity contribution < 1.29 is 36.2 Å². The fraction of sp³-hybridized carbons (Fsp3) is 0.371. The number of benzene rings is 3. The number of likely N-dealkylation sites (tertiary alicyclic amines) is 1. The molecule has 1 aromatic heterocycles. The molecule has 1 aliphatic rings. The second-order valence-corrected chi connectivity index (χ2v) is 13.6. The summed E-state index contributed by atoms with van der Waals surface area (Å²) >= 11 is 0. The molecule has 0 bridgehead atoms. The number of hydrogen-bond acceptors (Lipinski definition) is 8. The summed E-state index contributed by atoms with van der Waals surface area (Å²) in [6, 6.07) is 19.6. The van der Waals surface area contributed by atoms with E-state index in [0.717, 1.165) is 31.6 Å². The second kappa shape index (κ2) is 15.3. The molecule has 3 N–H and O–H groups in total. The number of alkyl halides is 3. The minimum absolute atomic E-state index is 0.0645. The summed E-state index contributed by atoms with van der Waals surface area (Å²) in [6.07, 6.45) is -3.37. The van der Waals surface area contributed by atoms with Gasteiger partial charge in [0.15, 0.2) is 0 Å². The molecule has 0 spiro atoms.